The molecule has 1 aromatic heterocycles. The third-order valence-electron chi connectivity index (χ3n) is 1.27. The van der Waals surface area contributed by atoms with Gasteiger partial charge in [-0.2, -0.15) is 0 Å². The fourth-order valence-electron chi connectivity index (χ4n) is 0.781. The van der Waals surface area contributed by atoms with E-state index in [2.05, 4.69) is 4.98 Å². The number of aliphatic hydroxyl groups excluding tert-OH is 1. The topological polar surface area (TPSA) is 59.1 Å². The lowest BCUT2D eigenvalue weighted by Gasteiger charge is -2.00. The van der Waals surface area contributed by atoms with Crippen LogP contribution < -0.4 is 5.73 Å². The fraction of sp³-hybridized carbons (Fsp3) is 0.286. The van der Waals surface area contributed by atoms with Crippen LogP contribution in [0.4, 0.5) is 5.82 Å². The van der Waals surface area contributed by atoms with E-state index in [9.17, 15) is 0 Å². The number of aromatic nitrogens is 1. The number of nitrogens with zero attached hydrogens (tertiary/aromatic N) is 1. The van der Waals surface area contributed by atoms with Crippen LogP contribution >= 0.6 is 11.8 Å². The molecule has 3 nitrogen and oxygen atoms in total. The van der Waals surface area contributed by atoms with Gasteiger partial charge in [0.25, 0.3) is 0 Å². The molecule has 1 rings (SSSR count). The van der Waals surface area contributed by atoms with E-state index in [-0.39, 0.29) is 6.61 Å². The minimum absolute atomic E-state index is 0.0569. The highest BCUT2D eigenvalue weighted by atomic mass is 32.2. The van der Waals surface area contributed by atoms with Crippen molar-refractivity contribution in [2.75, 3.05) is 12.0 Å². The van der Waals surface area contributed by atoms with Gasteiger partial charge in [0.1, 0.15) is 5.82 Å². The second-order valence-electron chi connectivity index (χ2n) is 2.08. The van der Waals surface area contributed by atoms with Crippen molar-refractivity contribution >= 4 is 17.6 Å². The van der Waals surface area contributed by atoms with Gasteiger partial charge in [0.2, 0.25) is 0 Å². The van der Waals surface area contributed by atoms with Crippen molar-refractivity contribution < 1.29 is 5.11 Å². The van der Waals surface area contributed by atoms with E-state index in [1.165, 1.54) is 0 Å². The molecule has 0 radical (unpaired) electrons. The summed E-state index contributed by atoms with van der Waals surface area (Å²) in [5.41, 5.74) is 6.09. The Bertz CT molecular complexity index is 230. The van der Waals surface area contributed by atoms with E-state index >= 15 is 0 Å². The lowest BCUT2D eigenvalue weighted by molar-refractivity contribution is 0.276. The molecule has 0 aliphatic rings. The van der Waals surface area contributed by atoms with Gasteiger partial charge in [-0.25, -0.2) is 4.98 Å². The van der Waals surface area contributed by atoms with Crippen molar-refractivity contribution in [3.05, 3.63) is 17.8 Å². The van der Waals surface area contributed by atoms with Crippen LogP contribution in [0.25, 0.3) is 0 Å². The van der Waals surface area contributed by atoms with Crippen molar-refractivity contribution in [2.45, 2.75) is 11.5 Å². The molecule has 0 saturated carbocycles. The highest BCUT2D eigenvalue weighted by Gasteiger charge is 1.97. The number of thioether (sulfide) groups is 1. The molecule has 0 saturated heterocycles. The average molecular weight is 170 g/mol. The minimum atomic E-state index is -0.0569. The van der Waals surface area contributed by atoms with Crippen LogP contribution in [-0.4, -0.2) is 16.3 Å². The number of nitrogens with two attached hydrogens (primary N) is 1. The van der Waals surface area contributed by atoms with Crippen LogP contribution in [0.3, 0.4) is 0 Å². The Balaban J connectivity index is 3.02. The molecule has 11 heavy (non-hydrogen) atoms. The number of nitrogen functional groups attached to an aromatic ring is 1. The van der Waals surface area contributed by atoms with Crippen molar-refractivity contribution in [1.82, 2.24) is 4.98 Å². The van der Waals surface area contributed by atoms with Gasteiger partial charge in [-0.15, -0.1) is 11.8 Å². The largest absolute Gasteiger partial charge is 0.390 e. The SMILES string of the molecule is CSc1cc(N)nc(CO)c1. The molecule has 0 amide bonds. The fourth-order valence-corrected chi connectivity index (χ4v) is 1.27. The van der Waals surface area contributed by atoms with Gasteiger partial charge in [-0.05, 0) is 18.4 Å². The zero-order valence-corrected chi connectivity index (χ0v) is 7.06. The van der Waals surface area contributed by atoms with Crippen molar-refractivity contribution in [3.63, 3.8) is 0 Å². The van der Waals surface area contributed by atoms with Crippen molar-refractivity contribution in [1.29, 1.82) is 0 Å². The first-order valence-electron chi connectivity index (χ1n) is 3.17. The number of pyridine rings is 1. The lowest BCUT2D eigenvalue weighted by atomic mass is 10.3. The third kappa shape index (κ3) is 2.10. The zero-order chi connectivity index (χ0) is 8.27. The van der Waals surface area contributed by atoms with Gasteiger partial charge < -0.3 is 10.8 Å². The first-order valence-corrected chi connectivity index (χ1v) is 4.40. The Kier molecular flexibility index (Phi) is 2.73. The minimum Gasteiger partial charge on any atom is -0.390 e. The molecule has 0 spiro atoms. The summed E-state index contributed by atoms with van der Waals surface area (Å²) in [7, 11) is 0. The summed E-state index contributed by atoms with van der Waals surface area (Å²) in [6.45, 7) is -0.0569. The molecule has 0 fully saturated rings. The Hall–Kier alpha value is -0.740. The van der Waals surface area contributed by atoms with Gasteiger partial charge >= 0.3 is 0 Å². The van der Waals surface area contributed by atoms with Crippen LogP contribution in [0.2, 0.25) is 0 Å². The number of anilines is 1. The molecule has 3 N–H and O–H groups in total. The summed E-state index contributed by atoms with van der Waals surface area (Å²) < 4.78 is 0. The Morgan fingerprint density at radius 1 is 1.64 bits per heavy atom. The van der Waals surface area contributed by atoms with Crippen LogP contribution in [0.1, 0.15) is 5.69 Å². The van der Waals surface area contributed by atoms with Gasteiger partial charge in [0.15, 0.2) is 0 Å². The highest BCUT2D eigenvalue weighted by Crippen LogP contribution is 2.17. The average Bonchev–Trinajstić information content (AvgIpc) is 2.03. The van der Waals surface area contributed by atoms with Gasteiger partial charge in [0.05, 0.1) is 12.3 Å². The molecule has 0 unspecified atom stereocenters. The molecule has 0 aliphatic carbocycles. The van der Waals surface area contributed by atoms with Crippen molar-refractivity contribution in [2.24, 2.45) is 0 Å². The molecule has 4 heteroatoms. The Morgan fingerprint density at radius 3 is 2.91 bits per heavy atom. The van der Waals surface area contributed by atoms with Gasteiger partial charge in [0, 0.05) is 4.90 Å². The smallest absolute Gasteiger partial charge is 0.124 e. The van der Waals surface area contributed by atoms with Gasteiger partial charge in [-0.3, -0.25) is 0 Å². The number of hydrogen-bond acceptors (Lipinski definition) is 4. The molecule has 0 atom stereocenters. The predicted molar refractivity (Wildman–Crippen MR) is 46.4 cm³/mol. The molecule has 0 bridgehead atoms. The molecular weight excluding hydrogens is 160 g/mol. The van der Waals surface area contributed by atoms with E-state index in [1.807, 2.05) is 12.3 Å². The van der Waals surface area contributed by atoms with Crippen LogP contribution in [0, 0.1) is 0 Å². The monoisotopic (exact) mass is 170 g/mol. The zero-order valence-electron chi connectivity index (χ0n) is 6.24. The van der Waals surface area contributed by atoms with E-state index in [1.54, 1.807) is 17.8 Å². The number of rotatable bonds is 2. The molecule has 1 aromatic rings. The van der Waals surface area contributed by atoms with E-state index in [0.29, 0.717) is 11.5 Å². The third-order valence-corrected chi connectivity index (χ3v) is 1.98. The number of aliphatic hydroxyl groups is 1. The second-order valence-corrected chi connectivity index (χ2v) is 2.96. The highest BCUT2D eigenvalue weighted by molar-refractivity contribution is 7.98. The summed E-state index contributed by atoms with van der Waals surface area (Å²) in [5.74, 6) is 0.459. The van der Waals surface area contributed by atoms with Crippen molar-refractivity contribution in [3.8, 4) is 0 Å². The second kappa shape index (κ2) is 3.59. The lowest BCUT2D eigenvalue weighted by Crippen LogP contribution is -1.95. The maximum absolute atomic E-state index is 8.75. The standard InChI is InChI=1S/C7H10N2OS/c1-11-6-2-5(4-10)9-7(8)3-6/h2-3,10H,4H2,1H3,(H2,8,9). The molecule has 1 heterocycles. The van der Waals surface area contributed by atoms with E-state index < -0.39 is 0 Å². The quantitative estimate of drug-likeness (QED) is 0.647. The van der Waals surface area contributed by atoms with E-state index in [4.69, 9.17) is 10.8 Å². The summed E-state index contributed by atoms with van der Waals surface area (Å²) in [6, 6.07) is 3.60. The molecule has 0 aromatic carbocycles. The van der Waals surface area contributed by atoms with E-state index in [0.717, 1.165) is 4.90 Å². The summed E-state index contributed by atoms with van der Waals surface area (Å²) in [4.78, 5) is 4.94. The maximum atomic E-state index is 8.75. The summed E-state index contributed by atoms with van der Waals surface area (Å²) in [6.07, 6.45) is 1.95. The van der Waals surface area contributed by atoms with Crippen LogP contribution in [-0.2, 0) is 6.61 Å². The first kappa shape index (κ1) is 8.36. The van der Waals surface area contributed by atoms with Crippen LogP contribution in [0.5, 0.6) is 0 Å². The van der Waals surface area contributed by atoms with Gasteiger partial charge in [-0.1, -0.05) is 0 Å². The molecular formula is C7H10N2OS. The Labute approximate surface area is 69.6 Å². The van der Waals surface area contributed by atoms with Crippen LogP contribution in [0.15, 0.2) is 17.0 Å². The normalized spacial score (nSPS) is 10.0. The molecule has 0 aliphatic heterocycles. The Morgan fingerprint density at radius 2 is 2.36 bits per heavy atom. The molecule has 60 valence electrons. The maximum Gasteiger partial charge on any atom is 0.124 e. The first-order chi connectivity index (χ1) is 5.26. The summed E-state index contributed by atoms with van der Waals surface area (Å²) in [5, 5.41) is 8.75. The predicted octanol–water partition coefficient (Wildman–Crippen LogP) is 0.878. The number of hydrogen-bond donors (Lipinski definition) is 2. The summed E-state index contributed by atoms with van der Waals surface area (Å²) >= 11 is 1.58.